The summed E-state index contributed by atoms with van der Waals surface area (Å²) in [5, 5.41) is -0.0174. The maximum absolute atomic E-state index is 13.7. The van der Waals surface area contributed by atoms with Crippen LogP contribution in [0.15, 0.2) is 35.2 Å². The van der Waals surface area contributed by atoms with Crippen LogP contribution in [0.3, 0.4) is 0 Å². The number of nitrogen functional groups attached to an aromatic ring is 1. The molecule has 0 aliphatic carbocycles. The zero-order chi connectivity index (χ0) is 15.8. The molecule has 21 heavy (non-hydrogen) atoms. The highest BCUT2D eigenvalue weighted by Gasteiger charge is 2.26. The van der Waals surface area contributed by atoms with Gasteiger partial charge >= 0.3 is 0 Å². The SMILES string of the molecule is Nc1cc(F)c(S(=O)(=O)Cc2cc(F)ccc2Cl)c(F)c1. The highest BCUT2D eigenvalue weighted by Crippen LogP contribution is 2.27. The van der Waals surface area contributed by atoms with E-state index in [-0.39, 0.29) is 16.3 Å². The Morgan fingerprint density at radius 1 is 1.05 bits per heavy atom. The van der Waals surface area contributed by atoms with Crippen molar-refractivity contribution in [2.24, 2.45) is 0 Å². The summed E-state index contributed by atoms with van der Waals surface area (Å²) in [6.45, 7) is 0. The number of rotatable bonds is 3. The Kier molecular flexibility index (Phi) is 4.15. The minimum Gasteiger partial charge on any atom is -0.399 e. The maximum Gasteiger partial charge on any atom is 0.188 e. The molecule has 0 bridgehead atoms. The first-order chi connectivity index (χ1) is 9.70. The van der Waals surface area contributed by atoms with Crippen LogP contribution in [-0.4, -0.2) is 8.42 Å². The van der Waals surface area contributed by atoms with Crippen molar-refractivity contribution in [3.63, 3.8) is 0 Å². The van der Waals surface area contributed by atoms with Gasteiger partial charge in [-0.3, -0.25) is 0 Å². The van der Waals surface area contributed by atoms with E-state index in [0.717, 1.165) is 18.2 Å². The second-order valence-corrected chi connectivity index (χ2v) is 6.64. The van der Waals surface area contributed by atoms with E-state index in [1.807, 2.05) is 0 Å². The van der Waals surface area contributed by atoms with E-state index in [9.17, 15) is 21.6 Å². The minimum atomic E-state index is -4.39. The molecule has 0 heterocycles. The normalized spacial score (nSPS) is 11.6. The van der Waals surface area contributed by atoms with Gasteiger partial charge in [0, 0.05) is 10.7 Å². The molecular formula is C13H9ClF3NO2S. The van der Waals surface area contributed by atoms with Crippen molar-refractivity contribution in [1.29, 1.82) is 0 Å². The Bertz CT molecular complexity index is 786. The minimum absolute atomic E-state index is 0.0174. The molecule has 2 aromatic rings. The number of hydrogen-bond donors (Lipinski definition) is 1. The summed E-state index contributed by atoms with van der Waals surface area (Å²) in [5.74, 6) is -4.15. The third kappa shape index (κ3) is 3.30. The topological polar surface area (TPSA) is 60.2 Å². The van der Waals surface area contributed by atoms with E-state index in [0.29, 0.717) is 12.1 Å². The average molecular weight is 336 g/mol. The van der Waals surface area contributed by atoms with Gasteiger partial charge in [-0.25, -0.2) is 21.6 Å². The maximum atomic E-state index is 13.7. The third-order valence-corrected chi connectivity index (χ3v) is 4.76. The molecule has 0 aliphatic heterocycles. The van der Waals surface area contributed by atoms with Crippen LogP contribution >= 0.6 is 11.6 Å². The molecule has 0 saturated heterocycles. The first kappa shape index (κ1) is 15.7. The lowest BCUT2D eigenvalue weighted by atomic mass is 10.2. The first-order valence-electron chi connectivity index (χ1n) is 5.62. The molecule has 0 unspecified atom stereocenters. The van der Waals surface area contributed by atoms with E-state index in [2.05, 4.69) is 0 Å². The molecule has 8 heteroatoms. The van der Waals surface area contributed by atoms with Gasteiger partial charge in [0.1, 0.15) is 22.3 Å². The van der Waals surface area contributed by atoms with Crippen LogP contribution in [0.2, 0.25) is 5.02 Å². The van der Waals surface area contributed by atoms with Gasteiger partial charge < -0.3 is 5.73 Å². The van der Waals surface area contributed by atoms with Gasteiger partial charge in [-0.05, 0) is 35.9 Å². The van der Waals surface area contributed by atoms with Crippen LogP contribution in [0.25, 0.3) is 0 Å². The molecule has 2 N–H and O–H groups in total. The number of hydrogen-bond acceptors (Lipinski definition) is 3. The number of sulfone groups is 1. The molecule has 0 spiro atoms. The fourth-order valence-electron chi connectivity index (χ4n) is 1.81. The largest absolute Gasteiger partial charge is 0.399 e. The van der Waals surface area contributed by atoms with Gasteiger partial charge in [0.2, 0.25) is 0 Å². The van der Waals surface area contributed by atoms with Gasteiger partial charge in [-0.1, -0.05) is 11.6 Å². The van der Waals surface area contributed by atoms with Crippen LogP contribution in [0.1, 0.15) is 5.56 Å². The van der Waals surface area contributed by atoms with Crippen LogP contribution < -0.4 is 5.73 Å². The van der Waals surface area contributed by atoms with Gasteiger partial charge in [-0.2, -0.15) is 0 Å². The quantitative estimate of drug-likeness (QED) is 0.875. The van der Waals surface area contributed by atoms with Crippen molar-refractivity contribution in [2.45, 2.75) is 10.6 Å². The van der Waals surface area contributed by atoms with Gasteiger partial charge in [-0.15, -0.1) is 0 Å². The predicted molar refractivity (Wildman–Crippen MR) is 73.1 cm³/mol. The van der Waals surface area contributed by atoms with Crippen molar-refractivity contribution in [3.05, 3.63) is 58.4 Å². The Hall–Kier alpha value is -1.73. The van der Waals surface area contributed by atoms with Crippen LogP contribution in [0.5, 0.6) is 0 Å². The Labute approximate surface area is 124 Å². The second kappa shape index (κ2) is 5.57. The van der Waals surface area contributed by atoms with E-state index >= 15 is 0 Å². The highest BCUT2D eigenvalue weighted by atomic mass is 35.5. The first-order valence-corrected chi connectivity index (χ1v) is 7.65. The molecule has 3 nitrogen and oxygen atoms in total. The summed E-state index contributed by atoms with van der Waals surface area (Å²) >= 11 is 5.76. The average Bonchev–Trinajstić information content (AvgIpc) is 2.31. The smallest absolute Gasteiger partial charge is 0.188 e. The Morgan fingerprint density at radius 3 is 2.19 bits per heavy atom. The lowest BCUT2D eigenvalue weighted by Gasteiger charge is -2.09. The fourth-order valence-corrected chi connectivity index (χ4v) is 3.58. The van der Waals surface area contributed by atoms with Gasteiger partial charge in [0.25, 0.3) is 0 Å². The number of halogens is 4. The molecule has 112 valence electrons. The van der Waals surface area contributed by atoms with Crippen LogP contribution in [-0.2, 0) is 15.6 Å². The molecule has 0 aliphatic rings. The van der Waals surface area contributed by atoms with Crippen molar-refractivity contribution in [2.75, 3.05) is 5.73 Å². The lowest BCUT2D eigenvalue weighted by molar-refractivity contribution is 0.520. The van der Waals surface area contributed by atoms with E-state index in [1.165, 1.54) is 0 Å². The molecular weight excluding hydrogens is 327 g/mol. The zero-order valence-electron chi connectivity index (χ0n) is 10.4. The van der Waals surface area contributed by atoms with E-state index in [4.69, 9.17) is 17.3 Å². The highest BCUT2D eigenvalue weighted by molar-refractivity contribution is 7.90. The molecule has 0 amide bonds. The molecule has 0 aromatic heterocycles. The third-order valence-electron chi connectivity index (χ3n) is 2.68. The number of nitrogens with two attached hydrogens (primary N) is 1. The number of anilines is 1. The standard InChI is InChI=1S/C13H9ClF3NO2S/c14-10-2-1-8(15)3-7(10)6-21(19,20)13-11(16)4-9(18)5-12(13)17/h1-5H,6,18H2. The summed E-state index contributed by atoms with van der Waals surface area (Å²) in [5.41, 5.74) is 4.89. The molecule has 0 radical (unpaired) electrons. The zero-order valence-corrected chi connectivity index (χ0v) is 12.0. The fraction of sp³-hybridized carbons (Fsp3) is 0.0769. The summed E-state index contributed by atoms with van der Waals surface area (Å²) in [7, 11) is -4.39. The van der Waals surface area contributed by atoms with Gasteiger partial charge in [0.15, 0.2) is 9.84 Å². The summed E-state index contributed by atoms with van der Waals surface area (Å²) in [6.07, 6.45) is 0. The Morgan fingerprint density at radius 2 is 1.62 bits per heavy atom. The molecule has 0 fully saturated rings. The van der Waals surface area contributed by atoms with Crippen LogP contribution in [0, 0.1) is 17.5 Å². The number of benzene rings is 2. The molecule has 2 rings (SSSR count). The van der Waals surface area contributed by atoms with Crippen molar-refractivity contribution in [1.82, 2.24) is 0 Å². The summed E-state index contributed by atoms with van der Waals surface area (Å²) in [4.78, 5) is -1.11. The molecule has 2 aromatic carbocycles. The van der Waals surface area contributed by atoms with E-state index in [1.54, 1.807) is 0 Å². The summed E-state index contributed by atoms with van der Waals surface area (Å²) in [6, 6.07) is 4.50. The van der Waals surface area contributed by atoms with Crippen molar-refractivity contribution in [3.8, 4) is 0 Å². The lowest BCUT2D eigenvalue weighted by Crippen LogP contribution is -2.11. The molecule has 0 saturated carbocycles. The second-order valence-electron chi connectivity index (χ2n) is 4.31. The monoisotopic (exact) mass is 335 g/mol. The Balaban J connectivity index is 2.51. The van der Waals surface area contributed by atoms with Crippen molar-refractivity contribution >= 4 is 27.1 Å². The van der Waals surface area contributed by atoms with Crippen LogP contribution in [0.4, 0.5) is 18.9 Å². The van der Waals surface area contributed by atoms with Gasteiger partial charge in [0.05, 0.1) is 5.75 Å². The predicted octanol–water partition coefficient (Wildman–Crippen LogP) is 3.31. The van der Waals surface area contributed by atoms with E-state index < -0.39 is 37.9 Å². The molecule has 0 atom stereocenters. The van der Waals surface area contributed by atoms with Crippen molar-refractivity contribution < 1.29 is 21.6 Å². The summed E-state index contributed by atoms with van der Waals surface area (Å²) < 4.78 is 64.7.